The molecule has 1 fully saturated rings. The van der Waals surface area contributed by atoms with E-state index in [1.807, 2.05) is 20.8 Å². The summed E-state index contributed by atoms with van der Waals surface area (Å²) in [6, 6.07) is 6.25. The first-order valence-electron chi connectivity index (χ1n) is 11.8. The zero-order valence-electron chi connectivity index (χ0n) is 20.6. The molecule has 1 aliphatic heterocycles. The number of carbonyl (C=O) groups excluding carboxylic acids is 4. The topological polar surface area (TPSA) is 111 Å². The standard InChI is InChI=1S/C25H35ClN2O7/c1-25(2,3)35-22(30)5-4-13-33-15-16-34-14-12-27-24(32)23(31)20-10-11-21(29)28(20)17-18-6-8-19(26)9-7-18/h6-9,20H,4-5,10-17H2,1-3H3,(H,27,32). The Morgan fingerprint density at radius 2 is 1.71 bits per heavy atom. The molecular weight excluding hydrogens is 476 g/mol. The summed E-state index contributed by atoms with van der Waals surface area (Å²) >= 11 is 5.89. The van der Waals surface area contributed by atoms with Gasteiger partial charge in [-0.25, -0.2) is 0 Å². The molecule has 2 amide bonds. The number of carbonyl (C=O) groups is 4. The zero-order chi connectivity index (χ0) is 25.8. The largest absolute Gasteiger partial charge is 0.460 e. The Hall–Kier alpha value is -2.49. The summed E-state index contributed by atoms with van der Waals surface area (Å²) in [5, 5.41) is 3.13. The number of Topliss-reactive ketones (excluding diaryl/α,β-unsaturated/α-hetero) is 1. The molecule has 1 unspecified atom stereocenters. The van der Waals surface area contributed by atoms with E-state index in [1.165, 1.54) is 4.90 Å². The van der Waals surface area contributed by atoms with Gasteiger partial charge in [-0.1, -0.05) is 23.7 Å². The molecule has 1 saturated heterocycles. The first kappa shape index (κ1) is 28.7. The molecule has 35 heavy (non-hydrogen) atoms. The molecule has 0 radical (unpaired) electrons. The van der Waals surface area contributed by atoms with Crippen LogP contribution in [0.15, 0.2) is 24.3 Å². The smallest absolute Gasteiger partial charge is 0.306 e. The number of esters is 1. The second-order valence-corrected chi connectivity index (χ2v) is 9.67. The lowest BCUT2D eigenvalue weighted by Gasteiger charge is -2.23. The fraction of sp³-hybridized carbons (Fsp3) is 0.600. The molecule has 0 aromatic heterocycles. The van der Waals surface area contributed by atoms with Crippen molar-refractivity contribution in [2.75, 3.05) is 33.0 Å². The second-order valence-electron chi connectivity index (χ2n) is 9.24. The fourth-order valence-corrected chi connectivity index (χ4v) is 3.63. The number of nitrogens with zero attached hydrogens (tertiary/aromatic N) is 1. The van der Waals surface area contributed by atoms with Crippen molar-refractivity contribution in [1.29, 1.82) is 0 Å². The van der Waals surface area contributed by atoms with Crippen molar-refractivity contribution in [2.45, 2.75) is 64.6 Å². The molecule has 0 saturated carbocycles. The third-order valence-corrected chi connectivity index (χ3v) is 5.37. The average molecular weight is 511 g/mol. The summed E-state index contributed by atoms with van der Waals surface area (Å²) < 4.78 is 16.0. The number of rotatable bonds is 14. The summed E-state index contributed by atoms with van der Waals surface area (Å²) in [6.45, 7) is 7.20. The van der Waals surface area contributed by atoms with E-state index in [1.54, 1.807) is 24.3 Å². The van der Waals surface area contributed by atoms with Crippen LogP contribution in [0.5, 0.6) is 0 Å². The van der Waals surface area contributed by atoms with Crippen LogP contribution in [0.2, 0.25) is 5.02 Å². The summed E-state index contributed by atoms with van der Waals surface area (Å²) in [5.41, 5.74) is 0.347. The van der Waals surface area contributed by atoms with Crippen molar-refractivity contribution >= 4 is 35.2 Å². The van der Waals surface area contributed by atoms with Gasteiger partial charge in [0.25, 0.3) is 5.91 Å². The van der Waals surface area contributed by atoms with E-state index in [0.29, 0.717) is 44.1 Å². The number of hydrogen-bond donors (Lipinski definition) is 1. The van der Waals surface area contributed by atoms with Crippen molar-refractivity contribution in [1.82, 2.24) is 10.2 Å². The molecule has 1 heterocycles. The van der Waals surface area contributed by atoms with Crippen LogP contribution >= 0.6 is 11.6 Å². The van der Waals surface area contributed by atoms with E-state index < -0.39 is 23.3 Å². The van der Waals surface area contributed by atoms with Crippen LogP contribution in [0, 0.1) is 0 Å². The lowest BCUT2D eigenvalue weighted by Crippen LogP contribution is -2.46. The number of halogens is 1. The molecule has 1 aromatic carbocycles. The van der Waals surface area contributed by atoms with Crippen LogP contribution < -0.4 is 5.32 Å². The zero-order valence-corrected chi connectivity index (χ0v) is 21.4. The molecule has 1 aromatic rings. The minimum absolute atomic E-state index is 0.152. The highest BCUT2D eigenvalue weighted by Crippen LogP contribution is 2.23. The maximum atomic E-state index is 12.6. The number of nitrogens with one attached hydrogen (secondary N) is 1. The Morgan fingerprint density at radius 1 is 1.06 bits per heavy atom. The van der Waals surface area contributed by atoms with E-state index in [0.717, 1.165) is 5.56 Å². The summed E-state index contributed by atoms with van der Waals surface area (Å²) in [6.07, 6.45) is 1.41. The summed E-state index contributed by atoms with van der Waals surface area (Å²) in [7, 11) is 0. The molecule has 0 aliphatic carbocycles. The van der Waals surface area contributed by atoms with Crippen LogP contribution in [0.4, 0.5) is 0 Å². The fourth-order valence-electron chi connectivity index (χ4n) is 3.50. The number of benzene rings is 1. The van der Waals surface area contributed by atoms with Gasteiger partial charge in [-0.15, -0.1) is 0 Å². The van der Waals surface area contributed by atoms with E-state index in [-0.39, 0.29) is 38.0 Å². The predicted octanol–water partition coefficient (Wildman–Crippen LogP) is 2.67. The number of ether oxygens (including phenoxy) is 3. The molecule has 1 N–H and O–H groups in total. The van der Waals surface area contributed by atoms with Gasteiger partial charge >= 0.3 is 5.97 Å². The number of ketones is 1. The lowest BCUT2D eigenvalue weighted by molar-refractivity contribution is -0.155. The van der Waals surface area contributed by atoms with Crippen molar-refractivity contribution in [3.05, 3.63) is 34.9 Å². The number of hydrogen-bond acceptors (Lipinski definition) is 7. The van der Waals surface area contributed by atoms with Crippen LogP contribution in [0.3, 0.4) is 0 Å². The van der Waals surface area contributed by atoms with Gasteiger partial charge in [-0.3, -0.25) is 19.2 Å². The lowest BCUT2D eigenvalue weighted by atomic mass is 10.1. The Bertz CT molecular complexity index is 868. The maximum absolute atomic E-state index is 12.6. The quantitative estimate of drug-likeness (QED) is 0.233. The minimum atomic E-state index is -0.770. The Balaban J connectivity index is 1.58. The first-order valence-corrected chi connectivity index (χ1v) is 12.2. The SMILES string of the molecule is CC(C)(C)OC(=O)CCCOCCOCCNC(=O)C(=O)C1CCC(=O)N1Cc1ccc(Cl)cc1. The molecule has 1 aliphatic rings. The van der Waals surface area contributed by atoms with Gasteiger partial charge in [0, 0.05) is 37.6 Å². The number of amides is 2. The molecule has 9 nitrogen and oxygen atoms in total. The van der Waals surface area contributed by atoms with Crippen molar-refractivity contribution in [3.8, 4) is 0 Å². The van der Waals surface area contributed by atoms with Gasteiger partial charge in [0.2, 0.25) is 11.7 Å². The van der Waals surface area contributed by atoms with E-state index >= 15 is 0 Å². The van der Waals surface area contributed by atoms with Crippen LogP contribution in [-0.4, -0.2) is 73.1 Å². The third kappa shape index (κ3) is 10.8. The summed E-state index contributed by atoms with van der Waals surface area (Å²) in [5.74, 6) is -1.76. The highest BCUT2D eigenvalue weighted by Gasteiger charge is 2.38. The molecule has 10 heteroatoms. The van der Waals surface area contributed by atoms with Gasteiger partial charge < -0.3 is 24.4 Å². The van der Waals surface area contributed by atoms with Crippen LogP contribution in [0.1, 0.15) is 52.0 Å². The average Bonchev–Trinajstić information content (AvgIpc) is 3.14. The van der Waals surface area contributed by atoms with Crippen LogP contribution in [-0.2, 0) is 39.9 Å². The highest BCUT2D eigenvalue weighted by molar-refractivity contribution is 6.38. The van der Waals surface area contributed by atoms with Gasteiger partial charge in [0.15, 0.2) is 0 Å². The van der Waals surface area contributed by atoms with E-state index in [9.17, 15) is 19.2 Å². The number of likely N-dealkylation sites (tertiary alicyclic amines) is 1. The predicted molar refractivity (Wildman–Crippen MR) is 130 cm³/mol. The molecule has 194 valence electrons. The highest BCUT2D eigenvalue weighted by atomic mass is 35.5. The monoisotopic (exact) mass is 510 g/mol. The maximum Gasteiger partial charge on any atom is 0.306 e. The van der Waals surface area contributed by atoms with E-state index in [2.05, 4.69) is 5.32 Å². The molecule has 0 spiro atoms. The molecule has 0 bridgehead atoms. The van der Waals surface area contributed by atoms with Crippen molar-refractivity contribution < 1.29 is 33.4 Å². The van der Waals surface area contributed by atoms with Crippen molar-refractivity contribution in [2.24, 2.45) is 0 Å². The molecular formula is C25H35ClN2O7. The van der Waals surface area contributed by atoms with Crippen molar-refractivity contribution in [3.63, 3.8) is 0 Å². The Kier molecular flexibility index (Phi) is 11.6. The van der Waals surface area contributed by atoms with Gasteiger partial charge in [0.1, 0.15) is 11.6 Å². The normalized spacial score (nSPS) is 15.8. The minimum Gasteiger partial charge on any atom is -0.460 e. The third-order valence-electron chi connectivity index (χ3n) is 5.11. The van der Waals surface area contributed by atoms with Crippen LogP contribution in [0.25, 0.3) is 0 Å². The second kappa shape index (κ2) is 14.2. The van der Waals surface area contributed by atoms with Gasteiger partial charge in [0.05, 0.1) is 19.8 Å². The molecule has 1 atom stereocenters. The summed E-state index contributed by atoms with van der Waals surface area (Å²) in [4.78, 5) is 50.2. The Morgan fingerprint density at radius 3 is 2.37 bits per heavy atom. The van der Waals surface area contributed by atoms with Gasteiger partial charge in [-0.05, 0) is 51.3 Å². The molecule has 2 rings (SSSR count). The van der Waals surface area contributed by atoms with Gasteiger partial charge in [-0.2, -0.15) is 0 Å². The Labute approximate surface area is 211 Å². The van der Waals surface area contributed by atoms with E-state index in [4.69, 9.17) is 25.8 Å². The first-order chi connectivity index (χ1) is 16.6.